The van der Waals surface area contributed by atoms with Crippen molar-refractivity contribution in [3.8, 4) is 0 Å². The molecule has 1 N–H and O–H groups in total. The SMILES string of the molecule is CCNC(=NCC(C)CN1CCOCC1)N1CCC(OCC2CCCO2)CC1.I. The fraction of sp³-hybridized carbons (Fsp3) is 0.952. The van der Waals surface area contributed by atoms with E-state index in [2.05, 4.69) is 29.0 Å². The van der Waals surface area contributed by atoms with E-state index in [1.54, 1.807) is 0 Å². The Morgan fingerprint density at radius 3 is 2.55 bits per heavy atom. The van der Waals surface area contributed by atoms with Gasteiger partial charge in [0.05, 0.1) is 32.0 Å². The summed E-state index contributed by atoms with van der Waals surface area (Å²) in [6.07, 6.45) is 5.16. The van der Waals surface area contributed by atoms with Crippen LogP contribution in [0.15, 0.2) is 4.99 Å². The second kappa shape index (κ2) is 14.0. The summed E-state index contributed by atoms with van der Waals surface area (Å²) >= 11 is 0. The molecular formula is C21H41IN4O3. The van der Waals surface area contributed by atoms with Crippen molar-refractivity contribution in [3.05, 3.63) is 0 Å². The van der Waals surface area contributed by atoms with Gasteiger partial charge in [-0.05, 0) is 38.5 Å². The van der Waals surface area contributed by atoms with Crippen molar-refractivity contribution in [1.29, 1.82) is 0 Å². The first-order valence-electron chi connectivity index (χ1n) is 11.3. The molecule has 3 aliphatic heterocycles. The molecule has 7 nitrogen and oxygen atoms in total. The highest BCUT2D eigenvalue weighted by atomic mass is 127. The van der Waals surface area contributed by atoms with Crippen LogP contribution in [0.3, 0.4) is 0 Å². The van der Waals surface area contributed by atoms with Gasteiger partial charge in [0.2, 0.25) is 0 Å². The van der Waals surface area contributed by atoms with E-state index in [4.69, 9.17) is 19.2 Å². The van der Waals surface area contributed by atoms with Crippen molar-refractivity contribution in [2.24, 2.45) is 10.9 Å². The highest BCUT2D eigenvalue weighted by Crippen LogP contribution is 2.18. The zero-order valence-corrected chi connectivity index (χ0v) is 20.6. The lowest BCUT2D eigenvalue weighted by atomic mass is 10.1. The highest BCUT2D eigenvalue weighted by molar-refractivity contribution is 14.0. The molecule has 0 saturated carbocycles. The lowest BCUT2D eigenvalue weighted by Gasteiger charge is -2.34. The van der Waals surface area contributed by atoms with Crippen LogP contribution in [0.25, 0.3) is 0 Å². The normalized spacial score (nSPS) is 25.7. The predicted molar refractivity (Wildman–Crippen MR) is 127 cm³/mol. The Balaban J connectivity index is 0.00000300. The molecule has 3 saturated heterocycles. The monoisotopic (exact) mass is 524 g/mol. The maximum absolute atomic E-state index is 6.11. The summed E-state index contributed by atoms with van der Waals surface area (Å²) in [7, 11) is 0. The van der Waals surface area contributed by atoms with E-state index in [0.717, 1.165) is 97.5 Å². The predicted octanol–water partition coefficient (Wildman–Crippen LogP) is 2.20. The number of nitrogens with zero attached hydrogens (tertiary/aromatic N) is 3. The number of guanidine groups is 1. The van der Waals surface area contributed by atoms with Gasteiger partial charge in [0.25, 0.3) is 0 Å². The van der Waals surface area contributed by atoms with Crippen LogP contribution in [0.4, 0.5) is 0 Å². The molecule has 3 heterocycles. The summed E-state index contributed by atoms with van der Waals surface area (Å²) in [6, 6.07) is 0. The van der Waals surface area contributed by atoms with Crippen LogP contribution < -0.4 is 5.32 Å². The van der Waals surface area contributed by atoms with E-state index in [9.17, 15) is 0 Å². The van der Waals surface area contributed by atoms with Crippen LogP contribution >= 0.6 is 24.0 Å². The number of piperidine rings is 1. The van der Waals surface area contributed by atoms with Gasteiger partial charge >= 0.3 is 0 Å². The van der Waals surface area contributed by atoms with Crippen molar-refractivity contribution in [1.82, 2.24) is 15.1 Å². The third-order valence-electron chi connectivity index (χ3n) is 5.84. The lowest BCUT2D eigenvalue weighted by molar-refractivity contribution is -0.0367. The molecule has 0 aromatic rings. The second-order valence-electron chi connectivity index (χ2n) is 8.37. The van der Waals surface area contributed by atoms with E-state index in [0.29, 0.717) is 18.1 Å². The Bertz CT molecular complexity index is 463. The van der Waals surface area contributed by atoms with Crippen LogP contribution in [-0.4, -0.2) is 100 Å². The zero-order chi connectivity index (χ0) is 19.6. The van der Waals surface area contributed by atoms with Gasteiger partial charge in [0.1, 0.15) is 0 Å². The van der Waals surface area contributed by atoms with Crippen LogP contribution in [0.5, 0.6) is 0 Å². The van der Waals surface area contributed by atoms with E-state index in [1.165, 1.54) is 6.42 Å². The van der Waals surface area contributed by atoms with E-state index in [-0.39, 0.29) is 24.0 Å². The molecular weight excluding hydrogens is 483 g/mol. The zero-order valence-electron chi connectivity index (χ0n) is 18.3. The van der Waals surface area contributed by atoms with Gasteiger partial charge in [-0.1, -0.05) is 6.92 Å². The standard InChI is InChI=1S/C21H40N4O3.HI/c1-3-22-21(23-15-18(2)16-24-10-13-26-14-11-24)25-8-6-19(7-9-25)28-17-20-5-4-12-27-20;/h18-20H,3-17H2,1-2H3,(H,22,23);1H. The summed E-state index contributed by atoms with van der Waals surface area (Å²) in [6.45, 7) is 14.8. The van der Waals surface area contributed by atoms with Gasteiger partial charge in [-0.2, -0.15) is 0 Å². The largest absolute Gasteiger partial charge is 0.379 e. The van der Waals surface area contributed by atoms with Crippen molar-refractivity contribution >= 4 is 29.9 Å². The summed E-state index contributed by atoms with van der Waals surface area (Å²) in [5.41, 5.74) is 0. The van der Waals surface area contributed by atoms with Gasteiger partial charge in [-0.25, -0.2) is 0 Å². The van der Waals surface area contributed by atoms with E-state index >= 15 is 0 Å². The van der Waals surface area contributed by atoms with Crippen molar-refractivity contribution < 1.29 is 14.2 Å². The minimum Gasteiger partial charge on any atom is -0.379 e. The minimum atomic E-state index is 0. The summed E-state index contributed by atoms with van der Waals surface area (Å²) in [5.74, 6) is 1.62. The average molecular weight is 524 g/mol. The van der Waals surface area contributed by atoms with Gasteiger partial charge in [-0.3, -0.25) is 9.89 Å². The molecule has 3 aliphatic rings. The number of nitrogens with one attached hydrogen (secondary N) is 1. The Labute approximate surface area is 193 Å². The van der Waals surface area contributed by atoms with Crippen molar-refractivity contribution in [3.63, 3.8) is 0 Å². The molecule has 0 radical (unpaired) electrons. The number of morpholine rings is 1. The lowest BCUT2D eigenvalue weighted by Crippen LogP contribution is -2.47. The first-order chi connectivity index (χ1) is 13.7. The number of halogens is 1. The van der Waals surface area contributed by atoms with Gasteiger partial charge in [0, 0.05) is 52.4 Å². The Hall–Kier alpha value is -0.160. The van der Waals surface area contributed by atoms with Crippen LogP contribution in [0, 0.1) is 5.92 Å². The first kappa shape index (κ1) is 25.1. The summed E-state index contributed by atoms with van der Waals surface area (Å²) in [4.78, 5) is 9.84. The molecule has 0 aliphatic carbocycles. The molecule has 2 atom stereocenters. The molecule has 170 valence electrons. The first-order valence-corrected chi connectivity index (χ1v) is 11.3. The van der Waals surface area contributed by atoms with E-state index in [1.807, 2.05) is 0 Å². The van der Waals surface area contributed by atoms with Gasteiger partial charge < -0.3 is 24.4 Å². The molecule has 0 aromatic carbocycles. The quantitative estimate of drug-likeness (QED) is 0.299. The fourth-order valence-corrected chi connectivity index (χ4v) is 4.20. The third kappa shape index (κ3) is 8.85. The number of hydrogen-bond acceptors (Lipinski definition) is 5. The molecule has 3 rings (SSSR count). The topological polar surface area (TPSA) is 58.6 Å². The molecule has 29 heavy (non-hydrogen) atoms. The number of aliphatic imine (C=N–C) groups is 1. The molecule has 3 fully saturated rings. The maximum Gasteiger partial charge on any atom is 0.193 e. The number of likely N-dealkylation sites (tertiary alicyclic amines) is 1. The molecule has 0 spiro atoms. The highest BCUT2D eigenvalue weighted by Gasteiger charge is 2.24. The Morgan fingerprint density at radius 2 is 1.90 bits per heavy atom. The second-order valence-corrected chi connectivity index (χ2v) is 8.37. The van der Waals surface area contributed by atoms with Crippen molar-refractivity contribution in [2.75, 3.05) is 72.2 Å². The van der Waals surface area contributed by atoms with Crippen LogP contribution in [0.1, 0.15) is 39.5 Å². The Kier molecular flexibility index (Phi) is 12.1. The van der Waals surface area contributed by atoms with Gasteiger partial charge in [-0.15, -0.1) is 24.0 Å². The molecule has 0 aromatic heterocycles. The number of hydrogen-bond donors (Lipinski definition) is 1. The average Bonchev–Trinajstić information content (AvgIpc) is 3.24. The van der Waals surface area contributed by atoms with E-state index < -0.39 is 0 Å². The molecule has 2 unspecified atom stereocenters. The molecule has 0 amide bonds. The van der Waals surface area contributed by atoms with Crippen LogP contribution in [0.2, 0.25) is 0 Å². The smallest absolute Gasteiger partial charge is 0.193 e. The van der Waals surface area contributed by atoms with Crippen LogP contribution in [-0.2, 0) is 14.2 Å². The summed E-state index contributed by atoms with van der Waals surface area (Å²) < 4.78 is 17.2. The minimum absolute atomic E-state index is 0. The number of rotatable bonds is 8. The molecule has 0 bridgehead atoms. The van der Waals surface area contributed by atoms with Gasteiger partial charge in [0.15, 0.2) is 5.96 Å². The summed E-state index contributed by atoms with van der Waals surface area (Å²) in [5, 5.41) is 3.48. The van der Waals surface area contributed by atoms with Crippen molar-refractivity contribution in [2.45, 2.75) is 51.7 Å². The molecule has 8 heteroatoms. The number of ether oxygens (including phenoxy) is 3. The Morgan fingerprint density at radius 1 is 1.14 bits per heavy atom. The third-order valence-corrected chi connectivity index (χ3v) is 5.84. The fourth-order valence-electron chi connectivity index (χ4n) is 4.20. The maximum atomic E-state index is 6.11.